The average molecular weight is 396 g/mol. The molecule has 154 valence electrons. The Bertz CT molecular complexity index is 931. The number of rotatable bonds is 7. The van der Waals surface area contributed by atoms with E-state index in [-0.39, 0.29) is 0 Å². The molecule has 0 saturated carbocycles. The van der Waals surface area contributed by atoms with Crippen molar-refractivity contribution in [2.45, 2.75) is 53.6 Å². The summed E-state index contributed by atoms with van der Waals surface area (Å²) in [6, 6.07) is 7.51. The maximum absolute atomic E-state index is 12.2. The highest BCUT2D eigenvalue weighted by molar-refractivity contribution is 5.99. The summed E-state index contributed by atoms with van der Waals surface area (Å²) in [5, 5.41) is 14.7. The number of benzene rings is 1. The van der Waals surface area contributed by atoms with E-state index in [1.807, 2.05) is 38.2 Å². The molecule has 0 saturated heterocycles. The van der Waals surface area contributed by atoms with Gasteiger partial charge in [0.05, 0.1) is 0 Å². The van der Waals surface area contributed by atoms with Crippen molar-refractivity contribution >= 4 is 23.8 Å². The van der Waals surface area contributed by atoms with Gasteiger partial charge in [-0.2, -0.15) is 0 Å². The van der Waals surface area contributed by atoms with Crippen molar-refractivity contribution < 1.29 is 14.7 Å². The number of aliphatic carboxylic acids is 1. The molecule has 29 heavy (non-hydrogen) atoms. The van der Waals surface area contributed by atoms with E-state index >= 15 is 0 Å². The van der Waals surface area contributed by atoms with E-state index < -0.39 is 17.9 Å². The van der Waals surface area contributed by atoms with Crippen LogP contribution in [0.3, 0.4) is 0 Å². The van der Waals surface area contributed by atoms with Gasteiger partial charge in [-0.1, -0.05) is 12.1 Å². The highest BCUT2D eigenvalue weighted by atomic mass is 16.4. The first-order chi connectivity index (χ1) is 13.6. The van der Waals surface area contributed by atoms with Crippen molar-refractivity contribution in [2.75, 3.05) is 5.32 Å². The second-order valence-corrected chi connectivity index (χ2v) is 7.62. The fraction of sp³-hybridized carbons (Fsp3) is 0.348. The maximum atomic E-state index is 12.2. The Morgan fingerprint density at radius 3 is 2.34 bits per heavy atom. The normalized spacial score (nSPS) is 12.6. The number of carboxylic acid groups (broad SMARTS) is 1. The van der Waals surface area contributed by atoms with Gasteiger partial charge in [0.1, 0.15) is 11.9 Å². The summed E-state index contributed by atoms with van der Waals surface area (Å²) in [7, 11) is 0. The predicted octanol–water partition coefficient (Wildman–Crippen LogP) is 4.18. The third-order valence-corrected chi connectivity index (χ3v) is 4.57. The lowest BCUT2D eigenvalue weighted by Crippen LogP contribution is -2.38. The molecule has 1 amide bonds. The molecule has 0 spiro atoms. The fourth-order valence-corrected chi connectivity index (χ4v) is 2.91. The van der Waals surface area contributed by atoms with Crippen LogP contribution >= 0.6 is 0 Å². The molecule has 0 unspecified atom stereocenters. The van der Waals surface area contributed by atoms with Gasteiger partial charge in [-0.25, -0.2) is 4.98 Å². The second kappa shape index (κ2) is 9.37. The van der Waals surface area contributed by atoms with Gasteiger partial charge in [0.15, 0.2) is 0 Å². The highest BCUT2D eigenvalue weighted by Gasteiger charge is 2.15. The lowest BCUT2D eigenvalue weighted by Gasteiger charge is -2.13. The number of amides is 1. The van der Waals surface area contributed by atoms with Crippen LogP contribution in [0, 0.1) is 13.8 Å². The van der Waals surface area contributed by atoms with Crippen molar-refractivity contribution in [1.82, 2.24) is 10.3 Å². The maximum Gasteiger partial charge on any atom is 0.325 e. The monoisotopic (exact) mass is 395 g/mol. The zero-order chi connectivity index (χ0) is 21.7. The van der Waals surface area contributed by atoms with Crippen LogP contribution in [-0.4, -0.2) is 34.1 Å². The summed E-state index contributed by atoms with van der Waals surface area (Å²) in [6.45, 7) is 11.3. The van der Waals surface area contributed by atoms with Crippen molar-refractivity contribution in [3.05, 3.63) is 52.7 Å². The topological polar surface area (TPSA) is 91.3 Å². The molecule has 1 heterocycles. The van der Waals surface area contributed by atoms with Crippen LogP contribution in [0.4, 0.5) is 5.82 Å². The minimum atomic E-state index is -1.06. The molecule has 6 nitrogen and oxygen atoms in total. The molecular weight excluding hydrogens is 366 g/mol. The number of aromatic nitrogens is 1. The zero-order valence-electron chi connectivity index (χ0n) is 17.8. The van der Waals surface area contributed by atoms with Crippen LogP contribution in [0.5, 0.6) is 0 Å². The largest absolute Gasteiger partial charge is 0.480 e. The molecule has 0 radical (unpaired) electrons. The second-order valence-electron chi connectivity index (χ2n) is 7.62. The number of hydrogen-bond acceptors (Lipinski definition) is 4. The highest BCUT2D eigenvalue weighted by Crippen LogP contribution is 2.28. The van der Waals surface area contributed by atoms with Gasteiger partial charge in [-0.3, -0.25) is 9.59 Å². The lowest BCUT2D eigenvalue weighted by molar-refractivity contribution is -0.140. The van der Waals surface area contributed by atoms with E-state index in [0.717, 1.165) is 33.6 Å². The van der Waals surface area contributed by atoms with E-state index in [2.05, 4.69) is 35.5 Å². The summed E-state index contributed by atoms with van der Waals surface area (Å²) in [5.41, 5.74) is 5.59. The van der Waals surface area contributed by atoms with Crippen LogP contribution in [0.2, 0.25) is 0 Å². The summed E-state index contributed by atoms with van der Waals surface area (Å²) in [4.78, 5) is 27.6. The Labute approximate surface area is 172 Å². The third kappa shape index (κ3) is 5.91. The Balaban J connectivity index is 2.27. The molecule has 1 atom stereocenters. The standard InChI is InChI=1S/C23H29N3O3/c1-13(2)25-21-8-7-18(12-24-21)20-11-14(3)19(9-15(20)4)10-16(5)22(27)26-17(6)23(28)29/h7-13,17H,1-6H3,(H,24,25)(H,26,27)(H,28,29)/b16-10+/t17-/m1/s1. The first-order valence-corrected chi connectivity index (χ1v) is 9.64. The van der Waals surface area contributed by atoms with Crippen molar-refractivity contribution in [2.24, 2.45) is 0 Å². The number of carbonyl (C=O) groups excluding carboxylic acids is 1. The number of hydrogen-bond donors (Lipinski definition) is 3. The number of aryl methyl sites for hydroxylation is 2. The van der Waals surface area contributed by atoms with Gasteiger partial charge in [-0.15, -0.1) is 0 Å². The third-order valence-electron chi connectivity index (χ3n) is 4.57. The van der Waals surface area contributed by atoms with Crippen molar-refractivity contribution in [1.29, 1.82) is 0 Å². The first-order valence-electron chi connectivity index (χ1n) is 9.64. The van der Waals surface area contributed by atoms with Gasteiger partial charge in [0.2, 0.25) is 5.91 Å². The number of carbonyl (C=O) groups is 2. The van der Waals surface area contributed by atoms with E-state index in [1.165, 1.54) is 6.92 Å². The molecule has 0 aliphatic heterocycles. The molecule has 0 aliphatic carbocycles. The summed E-state index contributed by atoms with van der Waals surface area (Å²) in [5.74, 6) is -0.612. The number of pyridine rings is 1. The SMILES string of the molecule is C/C(=C\c1cc(C)c(-c2ccc(NC(C)C)nc2)cc1C)C(=O)N[C@H](C)C(=O)O. The molecule has 0 bridgehead atoms. The number of nitrogens with zero attached hydrogens (tertiary/aromatic N) is 1. The predicted molar refractivity (Wildman–Crippen MR) is 117 cm³/mol. The molecule has 1 aromatic carbocycles. The number of nitrogens with one attached hydrogen (secondary N) is 2. The smallest absolute Gasteiger partial charge is 0.325 e. The first kappa shape index (κ1) is 22.1. The quantitative estimate of drug-likeness (QED) is 0.612. The molecule has 2 aromatic rings. The van der Waals surface area contributed by atoms with Crippen LogP contribution in [0.1, 0.15) is 44.4 Å². The summed E-state index contributed by atoms with van der Waals surface area (Å²) in [6.07, 6.45) is 3.64. The fourth-order valence-electron chi connectivity index (χ4n) is 2.91. The van der Waals surface area contributed by atoms with Crippen molar-refractivity contribution in [3.63, 3.8) is 0 Å². The van der Waals surface area contributed by atoms with E-state index in [9.17, 15) is 9.59 Å². The van der Waals surface area contributed by atoms with Gasteiger partial charge in [-0.05, 0) is 82.0 Å². The van der Waals surface area contributed by atoms with E-state index in [1.54, 1.807) is 13.0 Å². The summed E-state index contributed by atoms with van der Waals surface area (Å²) < 4.78 is 0. The molecule has 0 aliphatic rings. The van der Waals surface area contributed by atoms with Crippen LogP contribution in [0.25, 0.3) is 17.2 Å². The Morgan fingerprint density at radius 1 is 1.10 bits per heavy atom. The zero-order valence-corrected chi connectivity index (χ0v) is 17.8. The minimum Gasteiger partial charge on any atom is -0.480 e. The van der Waals surface area contributed by atoms with E-state index in [4.69, 9.17) is 5.11 Å². The summed E-state index contributed by atoms with van der Waals surface area (Å²) >= 11 is 0. The van der Waals surface area contributed by atoms with Gasteiger partial charge in [0, 0.05) is 23.4 Å². The molecule has 0 fully saturated rings. The average Bonchev–Trinajstić information content (AvgIpc) is 2.64. The lowest BCUT2D eigenvalue weighted by atomic mass is 9.95. The van der Waals surface area contributed by atoms with Gasteiger partial charge >= 0.3 is 5.97 Å². The molecule has 2 rings (SSSR count). The molecular formula is C23H29N3O3. The Hall–Kier alpha value is -3.15. The number of carboxylic acids is 1. The molecule has 3 N–H and O–H groups in total. The molecule has 6 heteroatoms. The van der Waals surface area contributed by atoms with Crippen LogP contribution in [0.15, 0.2) is 36.0 Å². The Kier molecular flexibility index (Phi) is 7.15. The minimum absolute atomic E-state index is 0.322. The van der Waals surface area contributed by atoms with Gasteiger partial charge in [0.25, 0.3) is 0 Å². The van der Waals surface area contributed by atoms with Crippen LogP contribution in [-0.2, 0) is 9.59 Å². The van der Waals surface area contributed by atoms with E-state index in [0.29, 0.717) is 11.6 Å². The van der Waals surface area contributed by atoms with Crippen molar-refractivity contribution in [3.8, 4) is 11.1 Å². The Morgan fingerprint density at radius 2 is 1.79 bits per heavy atom. The van der Waals surface area contributed by atoms with Gasteiger partial charge < -0.3 is 15.7 Å². The number of anilines is 1. The molecule has 1 aromatic heterocycles. The van der Waals surface area contributed by atoms with Crippen LogP contribution < -0.4 is 10.6 Å².